The van der Waals surface area contributed by atoms with Gasteiger partial charge in [0.1, 0.15) is 5.65 Å². The molecule has 6 heteroatoms. The Labute approximate surface area is 116 Å². The van der Waals surface area contributed by atoms with Gasteiger partial charge in [-0.05, 0) is 18.4 Å². The summed E-state index contributed by atoms with van der Waals surface area (Å²) in [6.07, 6.45) is 4.09. The molecule has 2 aromatic rings. The van der Waals surface area contributed by atoms with Gasteiger partial charge in [-0.25, -0.2) is 4.98 Å². The third kappa shape index (κ3) is 3.52. The fourth-order valence-corrected chi connectivity index (χ4v) is 2.15. The van der Waals surface area contributed by atoms with Gasteiger partial charge in [0, 0.05) is 25.0 Å². The molecule has 0 atom stereocenters. The Morgan fingerprint density at radius 3 is 3.06 bits per heavy atom. The van der Waals surface area contributed by atoms with Gasteiger partial charge < -0.3 is 9.72 Å². The molecule has 2 heterocycles. The molecular weight excluding hydrogens is 277 g/mol. The molecule has 0 aliphatic heterocycles. The van der Waals surface area contributed by atoms with Crippen LogP contribution in [0, 0.1) is 0 Å². The van der Waals surface area contributed by atoms with Gasteiger partial charge in [-0.3, -0.25) is 0 Å². The molecule has 0 saturated heterocycles. The van der Waals surface area contributed by atoms with Crippen LogP contribution in [0.4, 0.5) is 0 Å². The number of hydrogen-bond donors (Lipinski definition) is 1. The van der Waals surface area contributed by atoms with Crippen molar-refractivity contribution < 1.29 is 0 Å². The summed E-state index contributed by atoms with van der Waals surface area (Å²) in [5.74, 6) is 1.11. The Morgan fingerprint density at radius 1 is 1.47 bits per heavy atom. The number of rotatable bonds is 5. The fraction of sp³-hybridized carbons (Fsp3) is 0.364. The van der Waals surface area contributed by atoms with Gasteiger partial charge in [0.2, 0.25) is 0 Å². The lowest BCUT2D eigenvalue weighted by Gasteiger charge is -2.04. The zero-order valence-electron chi connectivity index (χ0n) is 9.52. The van der Waals surface area contributed by atoms with Crippen molar-refractivity contribution in [3.8, 4) is 0 Å². The van der Waals surface area contributed by atoms with Gasteiger partial charge in [-0.1, -0.05) is 17.7 Å². The summed E-state index contributed by atoms with van der Waals surface area (Å²) in [6.45, 7) is 1.74. The summed E-state index contributed by atoms with van der Waals surface area (Å²) in [5.41, 5.74) is 1.92. The van der Waals surface area contributed by atoms with Crippen molar-refractivity contribution in [1.82, 2.24) is 14.7 Å². The molecular formula is C11H15Cl2N3S. The van der Waals surface area contributed by atoms with Crippen LogP contribution in [0.3, 0.4) is 0 Å². The minimum Gasteiger partial charge on any atom is -0.310 e. The Kier molecular flexibility index (Phi) is 6.12. The van der Waals surface area contributed by atoms with Gasteiger partial charge in [0.15, 0.2) is 5.15 Å². The number of nitrogens with zero attached hydrogens (tertiary/aromatic N) is 2. The van der Waals surface area contributed by atoms with E-state index in [4.69, 9.17) is 11.6 Å². The van der Waals surface area contributed by atoms with E-state index in [1.807, 2.05) is 40.6 Å². The zero-order valence-corrected chi connectivity index (χ0v) is 11.9. The molecule has 94 valence electrons. The van der Waals surface area contributed by atoms with Crippen molar-refractivity contribution in [3.63, 3.8) is 0 Å². The molecule has 0 aliphatic carbocycles. The lowest BCUT2D eigenvalue weighted by atomic mass is 10.4. The number of thioether (sulfide) groups is 1. The fourth-order valence-electron chi connectivity index (χ4n) is 1.56. The predicted molar refractivity (Wildman–Crippen MR) is 77.5 cm³/mol. The highest BCUT2D eigenvalue weighted by molar-refractivity contribution is 7.98. The van der Waals surface area contributed by atoms with E-state index in [-0.39, 0.29) is 12.4 Å². The molecule has 0 bridgehead atoms. The second-order valence-corrected chi connectivity index (χ2v) is 4.79. The molecule has 0 unspecified atom stereocenters. The van der Waals surface area contributed by atoms with Crippen molar-refractivity contribution in [3.05, 3.63) is 35.2 Å². The standard InChI is InChI=1S/C11H14ClN3S.ClH/c1-16-7-5-13-8-9-11(12)14-10-4-2-3-6-15(9)10;/h2-4,6,13H,5,7-8H2,1H3;1H. The molecule has 1 N–H and O–H groups in total. The third-order valence-electron chi connectivity index (χ3n) is 2.36. The maximum absolute atomic E-state index is 6.10. The Morgan fingerprint density at radius 2 is 2.29 bits per heavy atom. The highest BCUT2D eigenvalue weighted by Gasteiger charge is 2.08. The first kappa shape index (κ1) is 14.6. The lowest BCUT2D eigenvalue weighted by molar-refractivity contribution is 0.710. The van der Waals surface area contributed by atoms with Gasteiger partial charge in [0.25, 0.3) is 0 Å². The lowest BCUT2D eigenvalue weighted by Crippen LogP contribution is -2.17. The van der Waals surface area contributed by atoms with Crippen LogP contribution in [0.15, 0.2) is 24.4 Å². The van der Waals surface area contributed by atoms with Crippen LogP contribution in [0.5, 0.6) is 0 Å². The van der Waals surface area contributed by atoms with Crippen molar-refractivity contribution in [2.45, 2.75) is 6.54 Å². The van der Waals surface area contributed by atoms with E-state index in [2.05, 4.69) is 16.6 Å². The SMILES string of the molecule is CSCCNCc1c(Cl)nc2ccccn12.Cl. The first-order valence-corrected chi connectivity index (χ1v) is 6.91. The van der Waals surface area contributed by atoms with Crippen LogP contribution in [-0.2, 0) is 6.54 Å². The van der Waals surface area contributed by atoms with Gasteiger partial charge >= 0.3 is 0 Å². The number of fused-ring (bicyclic) bond motifs is 1. The second kappa shape index (κ2) is 7.11. The van der Waals surface area contributed by atoms with E-state index in [1.165, 1.54) is 0 Å². The van der Waals surface area contributed by atoms with Gasteiger partial charge in [-0.15, -0.1) is 12.4 Å². The van der Waals surface area contributed by atoms with E-state index in [1.54, 1.807) is 0 Å². The highest BCUT2D eigenvalue weighted by atomic mass is 35.5. The molecule has 0 aromatic carbocycles. The minimum atomic E-state index is 0. The Hall–Kier alpha value is -0.420. The maximum atomic E-state index is 6.10. The summed E-state index contributed by atoms with van der Waals surface area (Å²) in [6, 6.07) is 5.90. The summed E-state index contributed by atoms with van der Waals surface area (Å²) in [4.78, 5) is 4.30. The first-order chi connectivity index (χ1) is 7.83. The van der Waals surface area contributed by atoms with Crippen molar-refractivity contribution in [2.75, 3.05) is 18.6 Å². The molecule has 0 radical (unpaired) electrons. The Bertz CT molecular complexity index is 473. The number of hydrogen-bond acceptors (Lipinski definition) is 3. The van der Waals surface area contributed by atoms with Gasteiger partial charge in [-0.2, -0.15) is 11.8 Å². The van der Waals surface area contributed by atoms with Crippen LogP contribution < -0.4 is 5.32 Å². The maximum Gasteiger partial charge on any atom is 0.152 e. The second-order valence-electron chi connectivity index (χ2n) is 3.45. The van der Waals surface area contributed by atoms with Gasteiger partial charge in [0.05, 0.1) is 5.69 Å². The van der Waals surface area contributed by atoms with Crippen molar-refractivity contribution in [2.24, 2.45) is 0 Å². The summed E-state index contributed by atoms with van der Waals surface area (Å²) >= 11 is 7.93. The van der Waals surface area contributed by atoms with Crippen LogP contribution in [0.2, 0.25) is 5.15 Å². The molecule has 0 amide bonds. The Balaban J connectivity index is 0.00000144. The zero-order chi connectivity index (χ0) is 11.4. The molecule has 0 aliphatic rings. The van der Waals surface area contributed by atoms with E-state index < -0.39 is 0 Å². The van der Waals surface area contributed by atoms with E-state index >= 15 is 0 Å². The molecule has 0 spiro atoms. The number of imidazole rings is 1. The van der Waals surface area contributed by atoms with Crippen LogP contribution in [0.25, 0.3) is 5.65 Å². The molecule has 17 heavy (non-hydrogen) atoms. The van der Waals surface area contributed by atoms with Crippen molar-refractivity contribution >= 4 is 41.4 Å². The molecule has 2 aromatic heterocycles. The predicted octanol–water partition coefficient (Wildman–Crippen LogP) is 2.86. The average Bonchev–Trinajstić information content (AvgIpc) is 2.61. The van der Waals surface area contributed by atoms with Crippen LogP contribution in [-0.4, -0.2) is 27.9 Å². The van der Waals surface area contributed by atoms with E-state index in [0.717, 1.165) is 30.2 Å². The van der Waals surface area contributed by atoms with Crippen LogP contribution >= 0.6 is 35.8 Å². The topological polar surface area (TPSA) is 29.3 Å². The molecule has 0 fully saturated rings. The number of pyridine rings is 1. The average molecular weight is 292 g/mol. The number of aromatic nitrogens is 2. The molecule has 2 rings (SSSR count). The molecule has 0 saturated carbocycles. The summed E-state index contributed by atoms with van der Waals surface area (Å²) in [7, 11) is 0. The molecule has 3 nitrogen and oxygen atoms in total. The highest BCUT2D eigenvalue weighted by Crippen LogP contribution is 2.17. The third-order valence-corrected chi connectivity index (χ3v) is 3.27. The summed E-state index contributed by atoms with van der Waals surface area (Å²) < 4.78 is 2.02. The largest absolute Gasteiger partial charge is 0.310 e. The van der Waals surface area contributed by atoms with E-state index in [9.17, 15) is 0 Å². The monoisotopic (exact) mass is 291 g/mol. The smallest absolute Gasteiger partial charge is 0.152 e. The number of halogens is 2. The van der Waals surface area contributed by atoms with Crippen LogP contribution in [0.1, 0.15) is 5.69 Å². The van der Waals surface area contributed by atoms with E-state index in [0.29, 0.717) is 5.15 Å². The first-order valence-electron chi connectivity index (χ1n) is 5.14. The quantitative estimate of drug-likeness (QED) is 0.859. The normalized spacial score (nSPS) is 10.5. The minimum absolute atomic E-state index is 0. The van der Waals surface area contributed by atoms with Crippen molar-refractivity contribution in [1.29, 1.82) is 0 Å². The number of nitrogens with one attached hydrogen (secondary N) is 1. The summed E-state index contributed by atoms with van der Waals surface area (Å²) in [5, 5.41) is 3.94.